The molecule has 37 heavy (non-hydrogen) atoms. The standard InChI is InChI=1S/C29H27ClN2O5/c1-31(2)14-15-32-26(25-27(33)20-9-5-7-11-22(20)37-28(25)29(32)34)18-12-13-23(24(16-18)35-3)36-17-19-8-4-6-10-21(19)30/h4-13,16,26H,14-15,17H2,1-3H3. The van der Waals surface area contributed by atoms with Crippen LogP contribution >= 0.6 is 11.6 Å². The average molecular weight is 519 g/mol. The second-order valence-electron chi connectivity index (χ2n) is 9.16. The van der Waals surface area contributed by atoms with Gasteiger partial charge in [0.05, 0.1) is 24.1 Å². The van der Waals surface area contributed by atoms with Gasteiger partial charge in [0.1, 0.15) is 12.2 Å². The quantitative estimate of drug-likeness (QED) is 0.321. The zero-order valence-electron chi connectivity index (χ0n) is 20.9. The van der Waals surface area contributed by atoms with Crippen LogP contribution in [0.15, 0.2) is 75.9 Å². The Balaban J connectivity index is 1.56. The number of rotatable bonds is 8. The van der Waals surface area contributed by atoms with Crippen molar-refractivity contribution in [2.45, 2.75) is 12.6 Å². The van der Waals surface area contributed by atoms with Crippen LogP contribution in [0, 0.1) is 0 Å². The molecular formula is C29H27ClN2O5. The molecule has 1 unspecified atom stereocenters. The fourth-order valence-corrected chi connectivity index (χ4v) is 4.79. The number of hydrogen-bond acceptors (Lipinski definition) is 6. The molecule has 3 aromatic carbocycles. The Morgan fingerprint density at radius 1 is 1.00 bits per heavy atom. The molecule has 190 valence electrons. The molecule has 0 aliphatic carbocycles. The second kappa shape index (κ2) is 10.3. The number of likely N-dealkylation sites (N-methyl/N-ethyl adjacent to an activating group) is 1. The average Bonchev–Trinajstić information content (AvgIpc) is 3.18. The Morgan fingerprint density at radius 3 is 2.51 bits per heavy atom. The number of halogens is 1. The molecule has 0 radical (unpaired) electrons. The van der Waals surface area contributed by atoms with E-state index in [1.807, 2.05) is 55.4 Å². The topological polar surface area (TPSA) is 72.2 Å². The Hall–Kier alpha value is -3.81. The molecule has 2 heterocycles. The summed E-state index contributed by atoms with van der Waals surface area (Å²) >= 11 is 6.27. The third kappa shape index (κ3) is 4.68. The summed E-state index contributed by atoms with van der Waals surface area (Å²) in [5.74, 6) is 0.803. The predicted molar refractivity (Wildman–Crippen MR) is 143 cm³/mol. The van der Waals surface area contributed by atoms with Crippen LogP contribution in [0.25, 0.3) is 11.0 Å². The first kappa shape index (κ1) is 24.9. The van der Waals surface area contributed by atoms with Crippen LogP contribution in [0.3, 0.4) is 0 Å². The van der Waals surface area contributed by atoms with Gasteiger partial charge in [-0.05, 0) is 50.0 Å². The molecule has 0 saturated carbocycles. The summed E-state index contributed by atoms with van der Waals surface area (Å²) < 4.78 is 17.6. The van der Waals surface area contributed by atoms with E-state index in [0.717, 1.165) is 11.1 Å². The summed E-state index contributed by atoms with van der Waals surface area (Å²) in [5.41, 5.74) is 2.11. The van der Waals surface area contributed by atoms with Crippen LogP contribution in [-0.4, -0.2) is 50.0 Å². The summed E-state index contributed by atoms with van der Waals surface area (Å²) in [6.07, 6.45) is 0. The number of carbonyl (C=O) groups is 1. The van der Waals surface area contributed by atoms with Crippen molar-refractivity contribution in [3.05, 3.63) is 104 Å². The van der Waals surface area contributed by atoms with Crippen LogP contribution in [0.4, 0.5) is 0 Å². The largest absolute Gasteiger partial charge is 0.493 e. The molecule has 1 amide bonds. The Bertz CT molecular complexity index is 1530. The van der Waals surface area contributed by atoms with E-state index >= 15 is 0 Å². The monoisotopic (exact) mass is 518 g/mol. The van der Waals surface area contributed by atoms with E-state index in [-0.39, 0.29) is 23.7 Å². The first-order valence-electron chi connectivity index (χ1n) is 11.9. The molecule has 1 aliphatic rings. The molecule has 1 atom stereocenters. The van der Waals surface area contributed by atoms with E-state index < -0.39 is 6.04 Å². The molecular weight excluding hydrogens is 492 g/mol. The second-order valence-corrected chi connectivity index (χ2v) is 9.57. The van der Waals surface area contributed by atoms with Gasteiger partial charge in [-0.25, -0.2) is 0 Å². The SMILES string of the molecule is COc1cc(C2c3c(oc4ccccc4c3=O)C(=O)N2CCN(C)C)ccc1OCc1ccccc1Cl. The first-order chi connectivity index (χ1) is 17.9. The zero-order valence-corrected chi connectivity index (χ0v) is 21.6. The maximum Gasteiger partial charge on any atom is 0.290 e. The third-order valence-electron chi connectivity index (χ3n) is 6.51. The molecule has 7 nitrogen and oxygen atoms in total. The van der Waals surface area contributed by atoms with E-state index in [1.165, 1.54) is 0 Å². The molecule has 8 heteroatoms. The molecule has 0 fully saturated rings. The number of carbonyl (C=O) groups excluding carboxylic acids is 1. The van der Waals surface area contributed by atoms with Crippen molar-refractivity contribution in [1.29, 1.82) is 0 Å². The van der Waals surface area contributed by atoms with Gasteiger partial charge in [0.25, 0.3) is 5.91 Å². The highest BCUT2D eigenvalue weighted by Gasteiger charge is 2.42. The molecule has 4 aromatic rings. The number of benzene rings is 3. The van der Waals surface area contributed by atoms with Crippen molar-refractivity contribution in [3.63, 3.8) is 0 Å². The minimum atomic E-state index is -0.616. The molecule has 0 spiro atoms. The van der Waals surface area contributed by atoms with Crippen LogP contribution in [0.5, 0.6) is 11.5 Å². The Labute approximate surface area is 219 Å². The van der Waals surface area contributed by atoms with Gasteiger partial charge in [-0.3, -0.25) is 9.59 Å². The van der Waals surface area contributed by atoms with E-state index in [2.05, 4.69) is 0 Å². The molecule has 0 saturated heterocycles. The van der Waals surface area contributed by atoms with Gasteiger partial charge in [-0.2, -0.15) is 0 Å². The molecule has 0 bridgehead atoms. The fraction of sp³-hybridized carbons (Fsp3) is 0.241. The van der Waals surface area contributed by atoms with E-state index in [9.17, 15) is 9.59 Å². The van der Waals surface area contributed by atoms with Gasteiger partial charge in [0.2, 0.25) is 5.76 Å². The maximum atomic E-state index is 13.6. The normalized spacial score (nSPS) is 14.9. The van der Waals surface area contributed by atoms with Crippen LogP contribution in [0.2, 0.25) is 5.02 Å². The van der Waals surface area contributed by atoms with E-state index in [0.29, 0.717) is 46.1 Å². The third-order valence-corrected chi connectivity index (χ3v) is 6.87. The zero-order chi connectivity index (χ0) is 26.1. The summed E-state index contributed by atoms with van der Waals surface area (Å²) in [6.45, 7) is 1.31. The molecule has 1 aliphatic heterocycles. The van der Waals surface area contributed by atoms with Crippen molar-refractivity contribution < 1.29 is 18.7 Å². The molecule has 1 aromatic heterocycles. The first-order valence-corrected chi connectivity index (χ1v) is 12.3. The van der Waals surface area contributed by atoms with E-state index in [4.69, 9.17) is 25.5 Å². The van der Waals surface area contributed by atoms with Gasteiger partial charge in [0.15, 0.2) is 16.9 Å². The predicted octanol–water partition coefficient (Wildman–Crippen LogP) is 5.14. The summed E-state index contributed by atoms with van der Waals surface area (Å²) in [5, 5.41) is 1.06. The number of hydrogen-bond donors (Lipinski definition) is 0. The van der Waals surface area contributed by atoms with Gasteiger partial charge in [0, 0.05) is 23.7 Å². The highest BCUT2D eigenvalue weighted by Crippen LogP contribution is 2.41. The maximum absolute atomic E-state index is 13.6. The smallest absolute Gasteiger partial charge is 0.290 e. The number of ether oxygens (including phenoxy) is 2. The highest BCUT2D eigenvalue weighted by molar-refractivity contribution is 6.31. The Kier molecular flexibility index (Phi) is 6.91. The fourth-order valence-electron chi connectivity index (χ4n) is 4.60. The van der Waals surface area contributed by atoms with Gasteiger partial charge < -0.3 is 23.7 Å². The highest BCUT2D eigenvalue weighted by atomic mass is 35.5. The summed E-state index contributed by atoms with van der Waals surface area (Å²) in [6, 6.07) is 19.3. The molecule has 0 N–H and O–H groups in total. The van der Waals surface area contributed by atoms with Crippen molar-refractivity contribution in [3.8, 4) is 11.5 Å². The number of nitrogens with zero attached hydrogens (tertiary/aromatic N) is 2. The summed E-state index contributed by atoms with van der Waals surface area (Å²) in [7, 11) is 5.43. The number of para-hydroxylation sites is 1. The lowest BCUT2D eigenvalue weighted by Gasteiger charge is -2.27. The number of methoxy groups -OCH3 is 1. The van der Waals surface area contributed by atoms with Crippen molar-refractivity contribution in [1.82, 2.24) is 9.80 Å². The minimum absolute atomic E-state index is 0.0884. The van der Waals surface area contributed by atoms with Gasteiger partial charge >= 0.3 is 0 Å². The summed E-state index contributed by atoms with van der Waals surface area (Å²) in [4.78, 5) is 30.8. The van der Waals surface area contributed by atoms with Crippen LogP contribution in [0.1, 0.15) is 33.3 Å². The van der Waals surface area contributed by atoms with Gasteiger partial charge in [-0.15, -0.1) is 0 Å². The van der Waals surface area contributed by atoms with Crippen molar-refractivity contribution in [2.24, 2.45) is 0 Å². The Morgan fingerprint density at radius 2 is 1.76 bits per heavy atom. The van der Waals surface area contributed by atoms with Gasteiger partial charge in [-0.1, -0.05) is 48.0 Å². The van der Waals surface area contributed by atoms with E-state index in [1.54, 1.807) is 42.3 Å². The minimum Gasteiger partial charge on any atom is -0.493 e. The van der Waals surface area contributed by atoms with Crippen molar-refractivity contribution >= 4 is 28.5 Å². The van der Waals surface area contributed by atoms with Crippen molar-refractivity contribution in [2.75, 3.05) is 34.3 Å². The van der Waals surface area contributed by atoms with Crippen LogP contribution in [-0.2, 0) is 6.61 Å². The number of amides is 1. The number of fused-ring (bicyclic) bond motifs is 2. The van der Waals surface area contributed by atoms with Crippen LogP contribution < -0.4 is 14.9 Å². The lowest BCUT2D eigenvalue weighted by Crippen LogP contribution is -2.35. The lowest BCUT2D eigenvalue weighted by molar-refractivity contribution is 0.0716. The lowest BCUT2D eigenvalue weighted by atomic mass is 9.98. The molecule has 5 rings (SSSR count).